The summed E-state index contributed by atoms with van der Waals surface area (Å²) < 4.78 is 19.8. The van der Waals surface area contributed by atoms with Crippen LogP contribution in [0, 0.1) is 5.82 Å². The van der Waals surface area contributed by atoms with E-state index in [2.05, 4.69) is 0 Å². The highest BCUT2D eigenvalue weighted by Gasteiger charge is 2.25. The molecule has 6 heteroatoms. The van der Waals surface area contributed by atoms with Crippen molar-refractivity contribution in [2.45, 2.75) is 13.5 Å². The number of urea groups is 1. The fraction of sp³-hybridized carbons (Fsp3) is 0.300. The number of hydrogen-bond donors (Lipinski definition) is 0. The van der Waals surface area contributed by atoms with Gasteiger partial charge in [0.1, 0.15) is 5.82 Å². The van der Waals surface area contributed by atoms with E-state index in [1.54, 1.807) is 21.9 Å². The summed E-state index contributed by atoms with van der Waals surface area (Å²) in [6.45, 7) is 3.49. The van der Waals surface area contributed by atoms with Gasteiger partial charge >= 0.3 is 6.03 Å². The highest BCUT2D eigenvalue weighted by molar-refractivity contribution is 5.94. The van der Waals surface area contributed by atoms with Gasteiger partial charge < -0.3 is 9.64 Å². The number of halogens is 1. The SMILES string of the molecule is CC(=O)c1ccc(CN(C(=O)N2CCOCC2)c2ccccc2)c(F)c1. The van der Waals surface area contributed by atoms with E-state index >= 15 is 0 Å². The van der Waals surface area contributed by atoms with Gasteiger partial charge in [-0.3, -0.25) is 9.69 Å². The summed E-state index contributed by atoms with van der Waals surface area (Å²) in [5.74, 6) is -0.687. The molecule has 2 amide bonds. The Labute approximate surface area is 152 Å². The summed E-state index contributed by atoms with van der Waals surface area (Å²) in [7, 11) is 0. The first-order valence-electron chi connectivity index (χ1n) is 8.55. The van der Waals surface area contributed by atoms with E-state index in [-0.39, 0.29) is 18.4 Å². The second kappa shape index (κ2) is 8.10. The summed E-state index contributed by atoms with van der Waals surface area (Å²) in [5, 5.41) is 0. The zero-order chi connectivity index (χ0) is 18.5. The average Bonchev–Trinajstić information content (AvgIpc) is 2.67. The topological polar surface area (TPSA) is 49.9 Å². The van der Waals surface area contributed by atoms with Gasteiger partial charge in [0.25, 0.3) is 0 Å². The molecule has 0 aliphatic carbocycles. The first-order chi connectivity index (χ1) is 12.6. The molecule has 1 aliphatic heterocycles. The Balaban J connectivity index is 1.89. The van der Waals surface area contributed by atoms with Crippen LogP contribution in [-0.4, -0.2) is 43.0 Å². The summed E-state index contributed by atoms with van der Waals surface area (Å²) in [6.07, 6.45) is 0. The minimum Gasteiger partial charge on any atom is -0.378 e. The lowest BCUT2D eigenvalue weighted by molar-refractivity contribution is 0.0548. The number of rotatable bonds is 4. The second-order valence-electron chi connectivity index (χ2n) is 6.17. The van der Waals surface area contributed by atoms with Crippen molar-refractivity contribution in [2.24, 2.45) is 0 Å². The molecule has 1 saturated heterocycles. The molecule has 0 spiro atoms. The van der Waals surface area contributed by atoms with E-state index in [0.717, 1.165) is 0 Å². The minimum atomic E-state index is -0.492. The van der Waals surface area contributed by atoms with Gasteiger partial charge in [-0.25, -0.2) is 9.18 Å². The lowest BCUT2D eigenvalue weighted by atomic mass is 10.1. The number of carbonyl (C=O) groups is 2. The van der Waals surface area contributed by atoms with Crippen LogP contribution in [0.5, 0.6) is 0 Å². The standard InChI is InChI=1S/C20H21FN2O3/c1-15(24)16-7-8-17(19(21)13-16)14-23(18-5-3-2-4-6-18)20(25)22-9-11-26-12-10-22/h2-8,13H,9-12,14H2,1H3. The third-order valence-corrected chi connectivity index (χ3v) is 4.37. The molecular weight excluding hydrogens is 335 g/mol. The predicted molar refractivity (Wildman–Crippen MR) is 96.8 cm³/mol. The van der Waals surface area contributed by atoms with Gasteiger partial charge in [0.15, 0.2) is 5.78 Å². The average molecular weight is 356 g/mol. The number of benzene rings is 2. The van der Waals surface area contributed by atoms with Gasteiger partial charge in [-0.2, -0.15) is 0 Å². The van der Waals surface area contributed by atoms with Crippen LogP contribution in [0.1, 0.15) is 22.8 Å². The van der Waals surface area contributed by atoms with Gasteiger partial charge in [-0.1, -0.05) is 30.3 Å². The zero-order valence-electron chi connectivity index (χ0n) is 14.7. The molecule has 0 N–H and O–H groups in total. The Morgan fingerprint density at radius 2 is 1.81 bits per heavy atom. The minimum absolute atomic E-state index is 0.0875. The number of nitrogens with zero attached hydrogens (tertiary/aromatic N) is 2. The highest BCUT2D eigenvalue weighted by Crippen LogP contribution is 2.21. The van der Waals surface area contributed by atoms with Gasteiger partial charge in [-0.05, 0) is 25.1 Å². The summed E-state index contributed by atoms with van der Waals surface area (Å²) >= 11 is 0. The van der Waals surface area contributed by atoms with Crippen LogP contribution in [0.4, 0.5) is 14.9 Å². The number of para-hydroxylation sites is 1. The third kappa shape index (κ3) is 4.08. The van der Waals surface area contributed by atoms with E-state index in [1.165, 1.54) is 13.0 Å². The lowest BCUT2D eigenvalue weighted by Crippen LogP contribution is -2.48. The first-order valence-corrected chi connectivity index (χ1v) is 8.55. The van der Waals surface area contributed by atoms with Crippen LogP contribution >= 0.6 is 0 Å². The first kappa shape index (κ1) is 18.1. The van der Waals surface area contributed by atoms with Crippen LogP contribution in [0.3, 0.4) is 0 Å². The number of ketones is 1. The van der Waals surface area contributed by atoms with Gasteiger partial charge in [0.05, 0.1) is 19.8 Å². The quantitative estimate of drug-likeness (QED) is 0.788. The van der Waals surface area contributed by atoms with Crippen LogP contribution in [-0.2, 0) is 11.3 Å². The number of anilines is 1. The van der Waals surface area contributed by atoms with Gasteiger partial charge in [0, 0.05) is 29.9 Å². The van der Waals surface area contributed by atoms with Crippen LogP contribution in [0.2, 0.25) is 0 Å². The third-order valence-electron chi connectivity index (χ3n) is 4.37. The number of ether oxygens (including phenoxy) is 1. The van der Waals surface area contributed by atoms with Crippen LogP contribution in [0.15, 0.2) is 48.5 Å². The van der Waals surface area contributed by atoms with Crippen molar-refractivity contribution >= 4 is 17.5 Å². The maximum atomic E-state index is 14.5. The molecular formula is C20H21FN2O3. The Morgan fingerprint density at radius 1 is 1.12 bits per heavy atom. The lowest BCUT2D eigenvalue weighted by Gasteiger charge is -2.33. The fourth-order valence-corrected chi connectivity index (χ4v) is 2.87. The fourth-order valence-electron chi connectivity index (χ4n) is 2.87. The van der Waals surface area contributed by atoms with Crippen LogP contribution < -0.4 is 4.90 Å². The zero-order valence-corrected chi connectivity index (χ0v) is 14.7. The maximum absolute atomic E-state index is 14.5. The van der Waals surface area contributed by atoms with E-state index < -0.39 is 5.82 Å². The summed E-state index contributed by atoms with van der Waals surface area (Å²) in [6, 6.07) is 13.4. The van der Waals surface area contributed by atoms with E-state index in [4.69, 9.17) is 4.74 Å². The van der Waals surface area contributed by atoms with Gasteiger partial charge in [0.2, 0.25) is 0 Å². The van der Waals surface area contributed by atoms with Crippen molar-refractivity contribution in [1.29, 1.82) is 0 Å². The molecule has 5 nitrogen and oxygen atoms in total. The predicted octanol–water partition coefficient (Wildman–Crippen LogP) is 3.49. The molecule has 0 unspecified atom stereocenters. The molecule has 2 aromatic rings. The summed E-state index contributed by atoms with van der Waals surface area (Å²) in [4.78, 5) is 27.7. The smallest absolute Gasteiger partial charge is 0.324 e. The van der Waals surface area contributed by atoms with Crippen molar-refractivity contribution < 1.29 is 18.7 Å². The Bertz CT molecular complexity index is 789. The normalized spacial score (nSPS) is 14.2. The summed E-state index contributed by atoms with van der Waals surface area (Å²) in [5.41, 5.74) is 1.37. The molecule has 1 aliphatic rings. The van der Waals surface area contributed by atoms with Crippen molar-refractivity contribution in [3.05, 3.63) is 65.5 Å². The van der Waals surface area contributed by atoms with E-state index in [9.17, 15) is 14.0 Å². The molecule has 2 aromatic carbocycles. The van der Waals surface area contributed by atoms with Crippen molar-refractivity contribution in [1.82, 2.24) is 4.90 Å². The Hall–Kier alpha value is -2.73. The molecule has 1 fully saturated rings. The molecule has 136 valence electrons. The Morgan fingerprint density at radius 3 is 2.42 bits per heavy atom. The largest absolute Gasteiger partial charge is 0.378 e. The van der Waals surface area contributed by atoms with E-state index in [0.29, 0.717) is 43.1 Å². The van der Waals surface area contributed by atoms with Crippen LogP contribution in [0.25, 0.3) is 0 Å². The highest BCUT2D eigenvalue weighted by atomic mass is 19.1. The van der Waals surface area contributed by atoms with Crippen molar-refractivity contribution in [3.63, 3.8) is 0 Å². The number of hydrogen-bond acceptors (Lipinski definition) is 3. The Kier molecular flexibility index (Phi) is 5.63. The molecule has 0 saturated carbocycles. The number of Topliss-reactive ketones (excluding diaryl/α,β-unsaturated/α-hetero) is 1. The molecule has 26 heavy (non-hydrogen) atoms. The molecule has 0 atom stereocenters. The van der Waals surface area contributed by atoms with E-state index in [1.807, 2.05) is 30.3 Å². The molecule has 3 rings (SSSR count). The molecule has 1 heterocycles. The number of morpholine rings is 1. The van der Waals surface area contributed by atoms with Gasteiger partial charge in [-0.15, -0.1) is 0 Å². The maximum Gasteiger partial charge on any atom is 0.324 e. The molecule has 0 radical (unpaired) electrons. The number of carbonyl (C=O) groups excluding carboxylic acids is 2. The second-order valence-corrected chi connectivity index (χ2v) is 6.17. The monoisotopic (exact) mass is 356 g/mol. The number of amides is 2. The van der Waals surface area contributed by atoms with Crippen molar-refractivity contribution in [3.8, 4) is 0 Å². The molecule has 0 aromatic heterocycles. The van der Waals surface area contributed by atoms with Crippen molar-refractivity contribution in [2.75, 3.05) is 31.2 Å². The molecule has 0 bridgehead atoms.